The van der Waals surface area contributed by atoms with Crippen LogP contribution in [0.4, 0.5) is 5.82 Å². The Morgan fingerprint density at radius 3 is 2.38 bits per heavy atom. The fourth-order valence-electron chi connectivity index (χ4n) is 3.83. The van der Waals surface area contributed by atoms with Gasteiger partial charge in [-0.2, -0.15) is 4.31 Å². The number of unbranched alkanes of at least 4 members (excludes halogenated alkanes) is 2. The Kier molecular flexibility index (Phi) is 8.83. The van der Waals surface area contributed by atoms with E-state index in [4.69, 9.17) is 4.74 Å². The van der Waals surface area contributed by atoms with Crippen molar-refractivity contribution in [2.24, 2.45) is 0 Å². The third kappa shape index (κ3) is 6.63. The first-order valence-corrected chi connectivity index (χ1v) is 12.6. The molecule has 1 aromatic rings. The van der Waals surface area contributed by atoms with Crippen LogP contribution >= 0.6 is 0 Å². The van der Waals surface area contributed by atoms with Gasteiger partial charge in [0.1, 0.15) is 10.7 Å². The Morgan fingerprint density at radius 1 is 1.03 bits per heavy atom. The summed E-state index contributed by atoms with van der Waals surface area (Å²) in [5.74, 6) is 0.849. The molecule has 1 N–H and O–H groups in total. The maximum Gasteiger partial charge on any atom is 0.244 e. The van der Waals surface area contributed by atoms with E-state index in [0.29, 0.717) is 65.4 Å². The Bertz CT molecular complexity index is 863. The zero-order chi connectivity index (χ0) is 23.0. The van der Waals surface area contributed by atoms with Gasteiger partial charge in [0.25, 0.3) is 0 Å². The second kappa shape index (κ2) is 11.6. The van der Waals surface area contributed by atoms with Crippen molar-refractivity contribution in [2.45, 2.75) is 37.5 Å². The van der Waals surface area contributed by atoms with Gasteiger partial charge in [0, 0.05) is 65.4 Å². The van der Waals surface area contributed by atoms with Gasteiger partial charge in [-0.1, -0.05) is 6.42 Å². The number of carbonyl (C=O) groups excluding carboxylic acids is 2. The lowest BCUT2D eigenvalue weighted by Crippen LogP contribution is -2.49. The number of amides is 2. The van der Waals surface area contributed by atoms with E-state index in [1.165, 1.54) is 17.4 Å². The summed E-state index contributed by atoms with van der Waals surface area (Å²) in [6.07, 6.45) is 4.55. The second-order valence-corrected chi connectivity index (χ2v) is 9.97. The molecular formula is C21H33N5O5S. The molecule has 0 aromatic carbocycles. The predicted octanol–water partition coefficient (Wildman–Crippen LogP) is 0.448. The molecule has 11 heteroatoms. The quantitative estimate of drug-likeness (QED) is 0.525. The average molecular weight is 468 g/mol. The van der Waals surface area contributed by atoms with E-state index in [-0.39, 0.29) is 16.7 Å². The molecule has 2 aliphatic rings. The van der Waals surface area contributed by atoms with Crippen LogP contribution < -0.4 is 10.2 Å². The van der Waals surface area contributed by atoms with Crippen LogP contribution in [-0.2, 0) is 24.3 Å². The smallest absolute Gasteiger partial charge is 0.244 e. The SMILES string of the molecule is CC(=O)NCCCCCC(=O)N1CCN(c2ccc(S(=O)(=O)N3CCOCC3)cn2)CC1. The van der Waals surface area contributed by atoms with Crippen LogP contribution in [0.5, 0.6) is 0 Å². The van der Waals surface area contributed by atoms with Crippen molar-refractivity contribution < 1.29 is 22.7 Å². The molecule has 2 amide bonds. The van der Waals surface area contributed by atoms with Crippen molar-refractivity contribution in [3.05, 3.63) is 18.3 Å². The fraction of sp³-hybridized carbons (Fsp3) is 0.667. The average Bonchev–Trinajstić information content (AvgIpc) is 2.82. The lowest BCUT2D eigenvalue weighted by Gasteiger charge is -2.35. The number of carbonyl (C=O) groups is 2. The van der Waals surface area contributed by atoms with Gasteiger partial charge >= 0.3 is 0 Å². The number of ether oxygens (including phenoxy) is 1. The third-order valence-corrected chi connectivity index (χ3v) is 7.61. The van der Waals surface area contributed by atoms with Gasteiger partial charge in [-0.25, -0.2) is 13.4 Å². The lowest BCUT2D eigenvalue weighted by atomic mass is 10.1. The predicted molar refractivity (Wildman–Crippen MR) is 120 cm³/mol. The Labute approximate surface area is 190 Å². The van der Waals surface area contributed by atoms with Crippen LogP contribution in [0.3, 0.4) is 0 Å². The summed E-state index contributed by atoms with van der Waals surface area (Å²) < 4.78 is 32.1. The first kappa shape index (κ1) is 24.4. The highest BCUT2D eigenvalue weighted by molar-refractivity contribution is 7.89. The maximum absolute atomic E-state index is 12.7. The number of sulfonamides is 1. The highest BCUT2D eigenvalue weighted by atomic mass is 32.2. The fourth-order valence-corrected chi connectivity index (χ4v) is 5.19. The molecule has 3 heterocycles. The maximum atomic E-state index is 12.7. The minimum atomic E-state index is -3.55. The number of anilines is 1. The van der Waals surface area contributed by atoms with Crippen molar-refractivity contribution in [2.75, 3.05) is 63.9 Å². The summed E-state index contributed by atoms with van der Waals surface area (Å²) in [6, 6.07) is 3.34. The molecule has 32 heavy (non-hydrogen) atoms. The van der Waals surface area contributed by atoms with Crippen LogP contribution in [0.15, 0.2) is 23.2 Å². The van der Waals surface area contributed by atoms with Gasteiger partial charge in [-0.15, -0.1) is 0 Å². The van der Waals surface area contributed by atoms with E-state index in [9.17, 15) is 18.0 Å². The molecule has 178 valence electrons. The first-order chi connectivity index (χ1) is 15.4. The molecular weight excluding hydrogens is 434 g/mol. The molecule has 0 radical (unpaired) electrons. The molecule has 0 aliphatic carbocycles. The second-order valence-electron chi connectivity index (χ2n) is 8.03. The number of morpholine rings is 1. The van der Waals surface area contributed by atoms with Crippen LogP contribution in [0.25, 0.3) is 0 Å². The zero-order valence-corrected chi connectivity index (χ0v) is 19.5. The van der Waals surface area contributed by atoms with Gasteiger partial charge < -0.3 is 19.9 Å². The van der Waals surface area contributed by atoms with E-state index in [1.54, 1.807) is 12.1 Å². The van der Waals surface area contributed by atoms with Crippen molar-refractivity contribution >= 4 is 27.7 Å². The molecule has 2 aliphatic heterocycles. The number of hydrogen-bond acceptors (Lipinski definition) is 7. The van der Waals surface area contributed by atoms with E-state index in [0.717, 1.165) is 25.1 Å². The van der Waals surface area contributed by atoms with Gasteiger partial charge in [-0.05, 0) is 25.0 Å². The summed E-state index contributed by atoms with van der Waals surface area (Å²) in [5, 5.41) is 2.76. The standard InChI is InChI=1S/C21H33N5O5S/c1-18(27)22-8-4-2-3-5-21(28)25-11-9-24(10-12-25)20-7-6-19(17-23-20)32(29,30)26-13-15-31-16-14-26/h6-7,17H,2-5,8-16H2,1H3,(H,22,27). The van der Waals surface area contributed by atoms with Crippen molar-refractivity contribution in [3.63, 3.8) is 0 Å². The number of aromatic nitrogens is 1. The molecule has 10 nitrogen and oxygen atoms in total. The number of pyridine rings is 1. The minimum absolute atomic E-state index is 0.0261. The van der Waals surface area contributed by atoms with Crippen molar-refractivity contribution in [3.8, 4) is 0 Å². The summed E-state index contributed by atoms with van der Waals surface area (Å²) in [7, 11) is -3.55. The largest absolute Gasteiger partial charge is 0.379 e. The summed E-state index contributed by atoms with van der Waals surface area (Å²) >= 11 is 0. The molecule has 1 aromatic heterocycles. The van der Waals surface area contributed by atoms with E-state index < -0.39 is 10.0 Å². The summed E-state index contributed by atoms with van der Waals surface area (Å²) in [6.45, 7) is 6.26. The number of nitrogens with zero attached hydrogens (tertiary/aromatic N) is 4. The Hall–Kier alpha value is -2.24. The summed E-state index contributed by atoms with van der Waals surface area (Å²) in [5.41, 5.74) is 0. The van der Waals surface area contributed by atoms with Crippen LogP contribution in [0.1, 0.15) is 32.6 Å². The highest BCUT2D eigenvalue weighted by Crippen LogP contribution is 2.20. The van der Waals surface area contributed by atoms with Gasteiger partial charge in [0.05, 0.1) is 13.2 Å². The van der Waals surface area contributed by atoms with Crippen molar-refractivity contribution in [1.82, 2.24) is 19.5 Å². The van der Waals surface area contributed by atoms with Crippen molar-refractivity contribution in [1.29, 1.82) is 0 Å². The molecule has 0 spiro atoms. The molecule has 2 saturated heterocycles. The Balaban J connectivity index is 1.43. The minimum Gasteiger partial charge on any atom is -0.379 e. The highest BCUT2D eigenvalue weighted by Gasteiger charge is 2.27. The molecule has 0 bridgehead atoms. The Morgan fingerprint density at radius 2 is 1.75 bits per heavy atom. The number of piperazine rings is 1. The monoisotopic (exact) mass is 467 g/mol. The van der Waals surface area contributed by atoms with Crippen LogP contribution in [-0.4, -0.2) is 93.4 Å². The van der Waals surface area contributed by atoms with Gasteiger partial charge in [-0.3, -0.25) is 9.59 Å². The van der Waals surface area contributed by atoms with E-state index in [2.05, 4.69) is 15.2 Å². The molecule has 3 rings (SSSR count). The molecule has 0 unspecified atom stereocenters. The van der Waals surface area contributed by atoms with E-state index >= 15 is 0 Å². The zero-order valence-electron chi connectivity index (χ0n) is 18.7. The van der Waals surface area contributed by atoms with Gasteiger partial charge in [0.15, 0.2) is 0 Å². The molecule has 0 atom stereocenters. The third-order valence-electron chi connectivity index (χ3n) is 5.73. The molecule has 2 fully saturated rings. The lowest BCUT2D eigenvalue weighted by molar-refractivity contribution is -0.131. The topological polar surface area (TPSA) is 112 Å². The normalized spacial score (nSPS) is 17.9. The first-order valence-electron chi connectivity index (χ1n) is 11.2. The number of rotatable bonds is 9. The van der Waals surface area contributed by atoms with Crippen LogP contribution in [0.2, 0.25) is 0 Å². The number of hydrogen-bond donors (Lipinski definition) is 1. The summed E-state index contributed by atoms with van der Waals surface area (Å²) in [4.78, 5) is 31.8. The van der Waals surface area contributed by atoms with Crippen LogP contribution in [0, 0.1) is 0 Å². The number of nitrogens with one attached hydrogen (secondary N) is 1. The molecule has 0 saturated carbocycles. The van der Waals surface area contributed by atoms with E-state index in [1.807, 2.05) is 4.90 Å². The van der Waals surface area contributed by atoms with Gasteiger partial charge in [0.2, 0.25) is 21.8 Å².